The normalized spacial score (nSPS) is 18.1. The molecule has 0 radical (unpaired) electrons. The molecule has 0 saturated carbocycles. The van der Waals surface area contributed by atoms with Crippen LogP contribution in [-0.4, -0.2) is 36.4 Å². The van der Waals surface area contributed by atoms with Gasteiger partial charge in [0.15, 0.2) is 5.03 Å². The van der Waals surface area contributed by atoms with Crippen LogP contribution >= 0.6 is 0 Å². The smallest absolute Gasteiger partial charge is 0.281 e. The molecule has 3 N–H and O–H groups in total. The third-order valence-corrected chi connectivity index (χ3v) is 7.55. The fourth-order valence-electron chi connectivity index (χ4n) is 4.77. The van der Waals surface area contributed by atoms with Gasteiger partial charge in [-0.25, -0.2) is 14.7 Å². The lowest BCUT2D eigenvalue weighted by Gasteiger charge is -2.35. The van der Waals surface area contributed by atoms with E-state index < -0.39 is 15.9 Å². The van der Waals surface area contributed by atoms with Crippen LogP contribution in [0.3, 0.4) is 0 Å². The maximum absolute atomic E-state index is 13.6. The third kappa shape index (κ3) is 6.06. The van der Waals surface area contributed by atoms with Crippen molar-refractivity contribution in [1.82, 2.24) is 14.7 Å². The zero-order valence-corrected chi connectivity index (χ0v) is 23.2. The van der Waals surface area contributed by atoms with E-state index in [1.807, 2.05) is 6.08 Å². The summed E-state index contributed by atoms with van der Waals surface area (Å²) in [6.07, 6.45) is 6.85. The van der Waals surface area contributed by atoms with Crippen LogP contribution in [-0.2, 0) is 15.4 Å². The Kier molecular flexibility index (Phi) is 7.83. The van der Waals surface area contributed by atoms with Crippen LogP contribution in [0.2, 0.25) is 0 Å². The fourth-order valence-corrected chi connectivity index (χ4v) is 5.71. The van der Waals surface area contributed by atoms with Crippen LogP contribution in [0.25, 0.3) is 6.08 Å². The summed E-state index contributed by atoms with van der Waals surface area (Å²) in [5, 5.41) is -0.310. The van der Waals surface area contributed by atoms with Crippen LogP contribution < -0.4 is 15.4 Å². The summed E-state index contributed by atoms with van der Waals surface area (Å²) in [6.45, 7) is 15.5. The topological polar surface area (TPSA) is 118 Å². The van der Waals surface area contributed by atoms with Crippen molar-refractivity contribution in [3.63, 3.8) is 0 Å². The van der Waals surface area contributed by atoms with E-state index in [1.54, 1.807) is 6.07 Å². The predicted octanol–water partition coefficient (Wildman–Crippen LogP) is 4.91. The zero-order chi connectivity index (χ0) is 26.9. The molecule has 2 aromatic heterocycles. The molecule has 1 aliphatic heterocycles. The van der Waals surface area contributed by atoms with Crippen molar-refractivity contribution in [2.75, 3.05) is 17.2 Å². The van der Waals surface area contributed by atoms with Gasteiger partial charge in [0.05, 0.1) is 11.3 Å². The number of nitrogens with zero attached hydrogens (tertiary/aromatic N) is 3. The van der Waals surface area contributed by atoms with Crippen molar-refractivity contribution in [1.29, 1.82) is 0 Å². The Labute approximate surface area is 215 Å². The van der Waals surface area contributed by atoms with Gasteiger partial charge in [-0.3, -0.25) is 4.79 Å². The number of allylic oxidation sites excluding steroid dienone is 1. The second-order valence-electron chi connectivity index (χ2n) is 11.3. The number of sulfonamides is 1. The van der Waals surface area contributed by atoms with Gasteiger partial charge in [-0.1, -0.05) is 59.3 Å². The van der Waals surface area contributed by atoms with Crippen molar-refractivity contribution >= 4 is 33.6 Å². The summed E-state index contributed by atoms with van der Waals surface area (Å²) in [6, 6.07) is 6.04. The molecule has 0 spiro atoms. The molecule has 1 saturated heterocycles. The number of unbranched alkanes of at least 4 members (excludes halogenated alkanes) is 1. The van der Waals surface area contributed by atoms with Gasteiger partial charge in [0.2, 0.25) is 0 Å². The number of nitrogen functional groups attached to an aromatic ring is 1. The molecule has 9 heteroatoms. The summed E-state index contributed by atoms with van der Waals surface area (Å²) in [7, 11) is -4.24. The molecule has 3 heterocycles. The first-order valence-electron chi connectivity index (χ1n) is 12.4. The lowest BCUT2D eigenvalue weighted by Crippen LogP contribution is -2.41. The number of nitrogens with one attached hydrogen (secondary N) is 1. The van der Waals surface area contributed by atoms with Gasteiger partial charge in [-0.05, 0) is 56.4 Å². The minimum absolute atomic E-state index is 0.0540. The molecule has 3 rings (SSSR count). The number of nitrogens with two attached hydrogens (primary N) is 1. The second kappa shape index (κ2) is 10.2. The number of carbonyl (C=O) groups is 1. The number of carbonyl (C=O) groups excluding carboxylic acids is 1. The van der Waals surface area contributed by atoms with Crippen LogP contribution in [0.4, 0.5) is 11.6 Å². The van der Waals surface area contributed by atoms with Crippen molar-refractivity contribution in [2.24, 2.45) is 5.92 Å². The van der Waals surface area contributed by atoms with E-state index in [0.29, 0.717) is 11.7 Å². The molecule has 1 aliphatic rings. The summed E-state index contributed by atoms with van der Waals surface area (Å²) >= 11 is 0. The molecule has 0 bridgehead atoms. The van der Waals surface area contributed by atoms with Gasteiger partial charge in [0.1, 0.15) is 11.6 Å². The minimum atomic E-state index is -4.24. The van der Waals surface area contributed by atoms with Gasteiger partial charge < -0.3 is 10.6 Å². The van der Waals surface area contributed by atoms with Gasteiger partial charge in [-0.2, -0.15) is 8.42 Å². The first-order valence-corrected chi connectivity index (χ1v) is 13.9. The van der Waals surface area contributed by atoms with Gasteiger partial charge in [0, 0.05) is 17.5 Å². The minimum Gasteiger partial charge on any atom is -0.384 e. The third-order valence-electron chi connectivity index (χ3n) is 6.32. The molecule has 1 atom stereocenters. The van der Waals surface area contributed by atoms with Crippen LogP contribution in [0, 0.1) is 5.92 Å². The second-order valence-corrected chi connectivity index (χ2v) is 12.9. The average Bonchev–Trinajstić information content (AvgIpc) is 3.04. The lowest BCUT2D eigenvalue weighted by atomic mass is 9.87. The van der Waals surface area contributed by atoms with E-state index in [4.69, 9.17) is 10.7 Å². The van der Waals surface area contributed by atoms with Crippen LogP contribution in [0.5, 0.6) is 0 Å². The molecule has 36 heavy (non-hydrogen) atoms. The first-order chi connectivity index (χ1) is 16.7. The highest BCUT2D eigenvalue weighted by Gasteiger charge is 2.40. The Hall–Kier alpha value is -2.94. The van der Waals surface area contributed by atoms with Crippen molar-refractivity contribution < 1.29 is 13.2 Å². The molecule has 1 amide bonds. The number of hydrogen-bond acceptors (Lipinski definition) is 7. The number of hydrogen-bond donors (Lipinski definition) is 2. The SMILES string of the molecule is CCCC=Cc1cc(C(=O)NS(=O)(=O)c2cccc(N)n2)c(N2C[C@@H](C)CC2(C)C)nc1C(C)(C)C. The maximum Gasteiger partial charge on any atom is 0.281 e. The zero-order valence-electron chi connectivity index (χ0n) is 22.4. The summed E-state index contributed by atoms with van der Waals surface area (Å²) < 4.78 is 28.2. The molecule has 2 aromatic rings. The quantitative estimate of drug-likeness (QED) is 0.540. The largest absolute Gasteiger partial charge is 0.384 e. The number of aromatic nitrogens is 2. The summed E-state index contributed by atoms with van der Waals surface area (Å²) in [4.78, 5) is 24.7. The molecule has 8 nitrogen and oxygen atoms in total. The van der Waals surface area contributed by atoms with Crippen molar-refractivity contribution in [3.05, 3.63) is 47.2 Å². The van der Waals surface area contributed by atoms with E-state index in [9.17, 15) is 13.2 Å². The monoisotopic (exact) mass is 513 g/mol. The highest BCUT2D eigenvalue weighted by molar-refractivity contribution is 7.90. The Morgan fingerprint density at radius 2 is 1.97 bits per heavy atom. The Morgan fingerprint density at radius 1 is 1.28 bits per heavy atom. The lowest BCUT2D eigenvalue weighted by molar-refractivity contribution is 0.0981. The molecule has 0 aromatic carbocycles. The highest BCUT2D eigenvalue weighted by atomic mass is 32.2. The molecular weight excluding hydrogens is 474 g/mol. The number of amides is 1. The summed E-state index contributed by atoms with van der Waals surface area (Å²) in [5.74, 6) is 0.205. The van der Waals surface area contributed by atoms with Crippen LogP contribution in [0.1, 0.15) is 89.3 Å². The van der Waals surface area contributed by atoms with E-state index in [-0.39, 0.29) is 27.4 Å². The maximum atomic E-state index is 13.6. The number of rotatable bonds is 7. The average molecular weight is 514 g/mol. The molecular formula is C27H39N5O3S. The van der Waals surface area contributed by atoms with Crippen LogP contribution in [0.15, 0.2) is 35.4 Å². The van der Waals surface area contributed by atoms with Gasteiger partial charge >= 0.3 is 0 Å². The molecule has 0 unspecified atom stereocenters. The van der Waals surface area contributed by atoms with Gasteiger partial charge in [-0.15, -0.1) is 0 Å². The molecule has 0 aliphatic carbocycles. The molecule has 196 valence electrons. The van der Waals surface area contributed by atoms with E-state index in [0.717, 1.165) is 37.1 Å². The van der Waals surface area contributed by atoms with E-state index in [2.05, 4.69) is 69.1 Å². The first kappa shape index (κ1) is 27.6. The van der Waals surface area contributed by atoms with E-state index in [1.165, 1.54) is 18.2 Å². The standard InChI is InChI=1S/C27H39N5O3S/c1-8-9-10-12-19-15-20(25(33)31-36(34,35)22-14-11-13-21(28)29-22)24(30-23(19)26(3,4)5)32-17-18(2)16-27(32,6)7/h10-15,18H,8-9,16-17H2,1-7H3,(H2,28,29)(H,31,33)/t18-/m0/s1. The van der Waals surface area contributed by atoms with E-state index >= 15 is 0 Å². The number of pyridine rings is 2. The summed E-state index contributed by atoms with van der Waals surface area (Å²) in [5.41, 5.74) is 7.01. The Morgan fingerprint density at radius 3 is 2.53 bits per heavy atom. The van der Waals surface area contributed by atoms with Crippen molar-refractivity contribution in [2.45, 2.75) is 83.7 Å². The predicted molar refractivity (Wildman–Crippen MR) is 145 cm³/mol. The molecule has 1 fully saturated rings. The van der Waals surface area contributed by atoms with Crippen molar-refractivity contribution in [3.8, 4) is 0 Å². The number of anilines is 2. The highest BCUT2D eigenvalue weighted by Crippen LogP contribution is 2.39. The fraction of sp³-hybridized carbons (Fsp3) is 0.519. The Bertz CT molecular complexity index is 1260. The van der Waals surface area contributed by atoms with Gasteiger partial charge in [0.25, 0.3) is 15.9 Å². The Balaban J connectivity index is 2.18.